The predicted molar refractivity (Wildman–Crippen MR) is 99.8 cm³/mol. The Balaban J connectivity index is 1.45. The lowest BCUT2D eigenvalue weighted by Gasteiger charge is -2.48. The van der Waals surface area contributed by atoms with Gasteiger partial charge in [0.15, 0.2) is 0 Å². The van der Waals surface area contributed by atoms with Gasteiger partial charge in [0.1, 0.15) is 0 Å². The topological polar surface area (TPSA) is 32.3 Å². The van der Waals surface area contributed by atoms with Crippen molar-refractivity contribution >= 4 is 28.8 Å². The lowest BCUT2D eigenvalue weighted by atomic mass is 9.80. The molecule has 0 aliphatic carbocycles. The van der Waals surface area contributed by atoms with Gasteiger partial charge in [-0.25, -0.2) is 0 Å². The summed E-state index contributed by atoms with van der Waals surface area (Å²) in [7, 11) is 0. The van der Waals surface area contributed by atoms with Crippen LogP contribution in [-0.4, -0.2) is 36.0 Å². The van der Waals surface area contributed by atoms with Crippen LogP contribution in [0.2, 0.25) is 5.02 Å². The van der Waals surface area contributed by atoms with Crippen LogP contribution in [0.4, 0.5) is 0 Å². The van der Waals surface area contributed by atoms with Gasteiger partial charge in [0.25, 0.3) is 5.91 Å². The minimum atomic E-state index is 0.0617. The van der Waals surface area contributed by atoms with Gasteiger partial charge in [0, 0.05) is 28.5 Å². The van der Waals surface area contributed by atoms with Gasteiger partial charge in [0.2, 0.25) is 0 Å². The number of hydrogen-bond acceptors (Lipinski definition) is 3. The molecule has 5 rings (SSSR count). The van der Waals surface area contributed by atoms with Gasteiger partial charge in [-0.15, -0.1) is 11.3 Å². The lowest BCUT2D eigenvalue weighted by molar-refractivity contribution is 0.0275. The van der Waals surface area contributed by atoms with Crippen molar-refractivity contribution in [1.29, 1.82) is 0 Å². The van der Waals surface area contributed by atoms with Crippen LogP contribution >= 0.6 is 22.9 Å². The van der Waals surface area contributed by atoms with E-state index < -0.39 is 0 Å². The van der Waals surface area contributed by atoms with E-state index in [2.05, 4.69) is 17.1 Å². The highest BCUT2D eigenvalue weighted by atomic mass is 35.5. The number of piperidine rings is 3. The van der Waals surface area contributed by atoms with Crippen LogP contribution in [0.25, 0.3) is 10.4 Å². The van der Waals surface area contributed by atoms with Crippen molar-refractivity contribution in [3.05, 3.63) is 46.3 Å². The van der Waals surface area contributed by atoms with Crippen LogP contribution in [0.1, 0.15) is 29.4 Å². The summed E-state index contributed by atoms with van der Waals surface area (Å²) in [5, 5.41) is 4.00. The Morgan fingerprint density at radius 2 is 2.04 bits per heavy atom. The van der Waals surface area contributed by atoms with Gasteiger partial charge in [-0.05, 0) is 62.1 Å². The predicted octanol–water partition coefficient (Wildman–Crippen LogP) is 4.28. The minimum absolute atomic E-state index is 0.0617. The van der Waals surface area contributed by atoms with E-state index in [1.54, 1.807) is 11.3 Å². The van der Waals surface area contributed by atoms with E-state index in [0.717, 1.165) is 26.9 Å². The smallest absolute Gasteiger partial charge is 0.261 e. The molecular formula is C19H21ClN2OS. The summed E-state index contributed by atoms with van der Waals surface area (Å²) in [6, 6.07) is 12.6. The molecule has 3 fully saturated rings. The number of thiophene rings is 1. The molecule has 1 N–H and O–H groups in total. The Morgan fingerprint density at radius 3 is 2.71 bits per heavy atom. The molecule has 24 heavy (non-hydrogen) atoms. The second-order valence-electron chi connectivity index (χ2n) is 6.88. The Labute approximate surface area is 151 Å². The third-order valence-electron chi connectivity index (χ3n) is 5.33. The van der Waals surface area contributed by atoms with E-state index in [0.29, 0.717) is 18.0 Å². The molecule has 4 heterocycles. The molecule has 0 spiro atoms. The maximum atomic E-state index is 12.6. The van der Waals surface area contributed by atoms with Gasteiger partial charge in [-0.2, -0.15) is 0 Å². The van der Waals surface area contributed by atoms with Gasteiger partial charge in [-0.1, -0.05) is 23.7 Å². The molecule has 3 unspecified atom stereocenters. The normalized spacial score (nSPS) is 28.8. The summed E-state index contributed by atoms with van der Waals surface area (Å²) < 4.78 is 0. The third-order valence-corrected chi connectivity index (χ3v) is 6.71. The van der Waals surface area contributed by atoms with E-state index in [9.17, 15) is 4.79 Å². The maximum Gasteiger partial charge on any atom is 0.261 e. The number of carbonyl (C=O) groups excluding carboxylic acids is 1. The van der Waals surface area contributed by atoms with Gasteiger partial charge < -0.3 is 5.32 Å². The molecular weight excluding hydrogens is 340 g/mol. The first kappa shape index (κ1) is 16.1. The van der Waals surface area contributed by atoms with Crippen LogP contribution < -0.4 is 5.32 Å². The lowest BCUT2D eigenvalue weighted by Crippen LogP contribution is -2.60. The summed E-state index contributed by atoms with van der Waals surface area (Å²) in [4.78, 5) is 17.0. The monoisotopic (exact) mass is 360 g/mol. The molecule has 1 aromatic carbocycles. The first-order chi connectivity index (χ1) is 11.6. The molecule has 3 aliphatic heterocycles. The third kappa shape index (κ3) is 3.10. The zero-order valence-electron chi connectivity index (χ0n) is 13.7. The second-order valence-corrected chi connectivity index (χ2v) is 8.40. The van der Waals surface area contributed by atoms with Crippen LogP contribution in [0, 0.1) is 5.92 Å². The number of halogens is 1. The molecule has 1 aromatic heterocycles. The Bertz CT molecular complexity index is 742. The van der Waals surface area contributed by atoms with Crippen LogP contribution in [0.5, 0.6) is 0 Å². The van der Waals surface area contributed by atoms with Crippen LogP contribution in [0.3, 0.4) is 0 Å². The average molecular weight is 361 g/mol. The maximum absolute atomic E-state index is 12.6. The molecule has 0 radical (unpaired) electrons. The minimum Gasteiger partial charge on any atom is -0.347 e. The van der Waals surface area contributed by atoms with Gasteiger partial charge in [-0.3, -0.25) is 9.69 Å². The first-order valence-corrected chi connectivity index (χ1v) is 9.70. The van der Waals surface area contributed by atoms with Crippen molar-refractivity contribution < 1.29 is 4.79 Å². The van der Waals surface area contributed by atoms with Crippen molar-refractivity contribution in [2.45, 2.75) is 31.8 Å². The molecule has 0 saturated carbocycles. The number of benzene rings is 1. The van der Waals surface area contributed by atoms with Crippen molar-refractivity contribution in [3.63, 3.8) is 0 Å². The summed E-state index contributed by atoms with van der Waals surface area (Å²) in [5.74, 6) is 0.691. The van der Waals surface area contributed by atoms with Crippen LogP contribution in [0.15, 0.2) is 36.4 Å². The number of nitrogens with zero attached hydrogens (tertiary/aromatic N) is 1. The summed E-state index contributed by atoms with van der Waals surface area (Å²) in [6.45, 7) is 4.47. The molecule has 3 aliphatic rings. The van der Waals surface area contributed by atoms with Gasteiger partial charge >= 0.3 is 0 Å². The fourth-order valence-corrected chi connectivity index (χ4v) is 4.97. The Kier molecular flexibility index (Phi) is 4.37. The van der Waals surface area contributed by atoms with Crippen molar-refractivity contribution in [2.24, 2.45) is 5.92 Å². The molecule has 2 aromatic rings. The molecule has 2 bridgehead atoms. The first-order valence-electron chi connectivity index (χ1n) is 8.51. The molecule has 3 saturated heterocycles. The Morgan fingerprint density at radius 1 is 1.25 bits per heavy atom. The highest BCUT2D eigenvalue weighted by Crippen LogP contribution is 2.33. The van der Waals surface area contributed by atoms with Gasteiger partial charge in [0.05, 0.1) is 4.88 Å². The number of carbonyl (C=O) groups is 1. The van der Waals surface area contributed by atoms with Crippen LogP contribution in [-0.2, 0) is 0 Å². The summed E-state index contributed by atoms with van der Waals surface area (Å²) in [5.41, 5.74) is 1.10. The highest BCUT2D eigenvalue weighted by molar-refractivity contribution is 7.17. The van der Waals surface area contributed by atoms with Crippen molar-refractivity contribution in [2.75, 3.05) is 13.1 Å². The summed E-state index contributed by atoms with van der Waals surface area (Å²) >= 11 is 7.48. The van der Waals surface area contributed by atoms with E-state index in [1.165, 1.54) is 19.4 Å². The largest absolute Gasteiger partial charge is 0.347 e. The quantitative estimate of drug-likeness (QED) is 0.885. The number of rotatable bonds is 3. The molecule has 4 atom stereocenters. The number of amides is 1. The molecule has 3 nitrogen and oxygen atoms in total. The zero-order valence-corrected chi connectivity index (χ0v) is 15.2. The zero-order chi connectivity index (χ0) is 16.7. The number of hydrogen-bond donors (Lipinski definition) is 1. The fourth-order valence-electron chi connectivity index (χ4n) is 3.93. The fraction of sp³-hybridized carbons (Fsp3) is 0.421. The number of nitrogens with one attached hydrogen (secondary N) is 1. The second kappa shape index (κ2) is 6.51. The van der Waals surface area contributed by atoms with E-state index in [4.69, 9.17) is 11.6 Å². The highest BCUT2D eigenvalue weighted by Gasteiger charge is 2.38. The molecule has 1 amide bonds. The SMILES string of the molecule is CC1CC2CCN1C[C@@H]2NC(=O)c1ccc(-c2ccc(Cl)cc2)s1. The summed E-state index contributed by atoms with van der Waals surface area (Å²) in [6.07, 6.45) is 2.40. The average Bonchev–Trinajstić information content (AvgIpc) is 3.07. The molecule has 126 valence electrons. The molecule has 5 heteroatoms. The Hall–Kier alpha value is -1.36. The standard InChI is InChI=1S/C19H21ClN2OS/c1-12-10-14-8-9-22(12)11-16(14)21-19(23)18-7-6-17(24-18)13-2-4-15(20)5-3-13/h2-7,12,14,16H,8-11H2,1H3,(H,21,23)/t12?,14?,16-/m0/s1. The van der Waals surface area contributed by atoms with Crippen molar-refractivity contribution in [1.82, 2.24) is 10.2 Å². The van der Waals surface area contributed by atoms with Crippen molar-refractivity contribution in [3.8, 4) is 10.4 Å². The van der Waals surface area contributed by atoms with E-state index in [-0.39, 0.29) is 5.91 Å². The number of fused-ring (bicyclic) bond motifs is 3. The van der Waals surface area contributed by atoms with E-state index >= 15 is 0 Å². The van der Waals surface area contributed by atoms with E-state index in [1.807, 2.05) is 36.4 Å².